The van der Waals surface area contributed by atoms with Crippen LogP contribution in [0, 0.1) is 11.3 Å². The van der Waals surface area contributed by atoms with Crippen molar-refractivity contribution in [3.05, 3.63) is 150 Å². The molecule has 0 saturated carbocycles. The lowest BCUT2D eigenvalue weighted by Crippen LogP contribution is -2.42. The SMILES string of the molecule is CC1(C)c2ccccc2-c2ccc(N(c3ccc4c5ccccc5n(-c5ccccc5)c4c3)C3(C)C=CC(C#N)=CC3)cc21. The van der Waals surface area contributed by atoms with Gasteiger partial charge in [-0.3, -0.25) is 0 Å². The van der Waals surface area contributed by atoms with Crippen LogP contribution in [0.25, 0.3) is 38.6 Å². The number of anilines is 2. The van der Waals surface area contributed by atoms with E-state index >= 15 is 0 Å². The van der Waals surface area contributed by atoms with Crippen molar-refractivity contribution < 1.29 is 0 Å². The Morgan fingerprint density at radius 3 is 2.16 bits per heavy atom. The Labute approximate surface area is 258 Å². The molecule has 2 aliphatic rings. The summed E-state index contributed by atoms with van der Waals surface area (Å²) in [6.45, 7) is 6.94. The second kappa shape index (κ2) is 9.59. The molecule has 1 unspecified atom stereocenters. The van der Waals surface area contributed by atoms with E-state index in [-0.39, 0.29) is 11.0 Å². The van der Waals surface area contributed by atoms with Crippen molar-refractivity contribution in [2.75, 3.05) is 4.90 Å². The maximum atomic E-state index is 9.62. The van der Waals surface area contributed by atoms with Crippen LogP contribution in [0.5, 0.6) is 0 Å². The molecule has 0 amide bonds. The normalized spacial score (nSPS) is 18.1. The molecule has 1 heterocycles. The highest BCUT2D eigenvalue weighted by Crippen LogP contribution is 2.51. The predicted molar refractivity (Wildman–Crippen MR) is 183 cm³/mol. The molecular weight excluding hydrogens is 534 g/mol. The lowest BCUT2D eigenvalue weighted by molar-refractivity contribution is 0.567. The molecule has 0 fully saturated rings. The van der Waals surface area contributed by atoms with Gasteiger partial charge in [0.2, 0.25) is 0 Å². The predicted octanol–water partition coefficient (Wildman–Crippen LogP) is 10.4. The molecule has 1 aromatic heterocycles. The summed E-state index contributed by atoms with van der Waals surface area (Å²) in [5, 5.41) is 12.1. The van der Waals surface area contributed by atoms with Gasteiger partial charge in [-0.1, -0.05) is 98.8 Å². The summed E-state index contributed by atoms with van der Waals surface area (Å²) in [7, 11) is 0. The maximum Gasteiger partial charge on any atom is 0.0988 e. The van der Waals surface area contributed by atoms with Gasteiger partial charge in [0, 0.05) is 38.8 Å². The summed E-state index contributed by atoms with van der Waals surface area (Å²) in [5.41, 5.74) is 11.4. The molecule has 0 radical (unpaired) electrons. The lowest BCUT2D eigenvalue weighted by atomic mass is 9.82. The zero-order chi connectivity index (χ0) is 30.1. The third-order valence-electron chi connectivity index (χ3n) is 9.75. The summed E-state index contributed by atoms with van der Waals surface area (Å²) in [4.78, 5) is 2.47. The molecule has 0 saturated heterocycles. The van der Waals surface area contributed by atoms with Gasteiger partial charge < -0.3 is 9.47 Å². The lowest BCUT2D eigenvalue weighted by Gasteiger charge is -2.42. The summed E-state index contributed by atoms with van der Waals surface area (Å²) in [6, 6.07) is 44.3. The highest BCUT2D eigenvalue weighted by atomic mass is 15.2. The Kier molecular flexibility index (Phi) is 5.74. The maximum absolute atomic E-state index is 9.62. The Morgan fingerprint density at radius 1 is 0.682 bits per heavy atom. The van der Waals surface area contributed by atoms with Gasteiger partial charge in [0.05, 0.1) is 22.6 Å². The van der Waals surface area contributed by atoms with Gasteiger partial charge in [0.25, 0.3) is 0 Å². The van der Waals surface area contributed by atoms with E-state index in [0.717, 1.165) is 23.5 Å². The fraction of sp³-hybridized carbons (Fsp3) is 0.146. The third-order valence-corrected chi connectivity index (χ3v) is 9.75. The summed E-state index contributed by atoms with van der Waals surface area (Å²) < 4.78 is 2.38. The Hall–Kier alpha value is -5.33. The van der Waals surface area contributed by atoms with Crippen LogP contribution in [-0.2, 0) is 5.41 Å². The molecule has 2 aliphatic carbocycles. The van der Waals surface area contributed by atoms with E-state index in [9.17, 15) is 5.26 Å². The number of aromatic nitrogens is 1. The topological polar surface area (TPSA) is 32.0 Å². The number of hydrogen-bond acceptors (Lipinski definition) is 2. The zero-order valence-corrected chi connectivity index (χ0v) is 25.3. The third kappa shape index (κ3) is 3.81. The largest absolute Gasteiger partial charge is 0.332 e. The van der Waals surface area contributed by atoms with Crippen LogP contribution in [0.2, 0.25) is 0 Å². The van der Waals surface area contributed by atoms with Crippen LogP contribution in [0.4, 0.5) is 11.4 Å². The van der Waals surface area contributed by atoms with Crippen molar-refractivity contribution in [2.24, 2.45) is 0 Å². The van der Waals surface area contributed by atoms with Crippen molar-refractivity contribution >= 4 is 33.2 Å². The Balaban J connectivity index is 1.37. The first-order valence-corrected chi connectivity index (χ1v) is 15.3. The fourth-order valence-electron chi connectivity index (χ4n) is 7.49. The van der Waals surface area contributed by atoms with Crippen LogP contribution in [0.1, 0.15) is 38.3 Å². The summed E-state index contributed by atoms with van der Waals surface area (Å²) in [6.07, 6.45) is 6.98. The van der Waals surface area contributed by atoms with Crippen molar-refractivity contribution in [3.8, 4) is 22.9 Å². The monoisotopic (exact) mass is 567 g/mol. The molecule has 0 aliphatic heterocycles. The Bertz CT molecular complexity index is 2210. The van der Waals surface area contributed by atoms with Crippen molar-refractivity contribution in [3.63, 3.8) is 0 Å². The average Bonchev–Trinajstić information content (AvgIpc) is 3.50. The zero-order valence-electron chi connectivity index (χ0n) is 25.3. The molecule has 0 bridgehead atoms. The van der Waals surface area contributed by atoms with Gasteiger partial charge >= 0.3 is 0 Å². The van der Waals surface area contributed by atoms with E-state index in [2.05, 4.69) is 164 Å². The molecule has 0 N–H and O–H groups in total. The molecule has 8 rings (SSSR count). The standard InChI is InChI=1S/C41H33N3/c1-40(2)36-15-9-7-13-32(36)33-19-17-30(25-37(33)40)44(41(3)23-21-28(27-42)22-24-41)31-18-20-35-34-14-8-10-16-38(34)43(39(35)26-31)29-11-5-4-6-12-29/h4-23,25-26H,24H2,1-3H3. The van der Waals surface area contributed by atoms with Crippen LogP contribution in [-0.4, -0.2) is 10.1 Å². The highest BCUT2D eigenvalue weighted by Gasteiger charge is 2.38. The van der Waals surface area contributed by atoms with Gasteiger partial charge in [-0.2, -0.15) is 5.26 Å². The van der Waals surface area contributed by atoms with E-state index in [4.69, 9.17) is 0 Å². The van der Waals surface area contributed by atoms with Crippen molar-refractivity contribution in [1.82, 2.24) is 4.57 Å². The molecule has 6 aromatic rings. The van der Waals surface area contributed by atoms with Crippen LogP contribution in [0.15, 0.2) is 139 Å². The van der Waals surface area contributed by atoms with E-state index in [1.807, 2.05) is 6.08 Å². The minimum absolute atomic E-state index is 0.103. The minimum atomic E-state index is -0.374. The van der Waals surface area contributed by atoms with E-state index in [1.54, 1.807) is 0 Å². The molecule has 3 nitrogen and oxygen atoms in total. The number of rotatable bonds is 4. The van der Waals surface area contributed by atoms with E-state index in [1.165, 1.54) is 44.1 Å². The number of benzene rings is 5. The number of nitrogens with zero attached hydrogens (tertiary/aromatic N) is 3. The van der Waals surface area contributed by atoms with Gasteiger partial charge in [-0.25, -0.2) is 0 Å². The summed E-state index contributed by atoms with van der Waals surface area (Å²) in [5.74, 6) is 0. The highest BCUT2D eigenvalue weighted by molar-refractivity contribution is 6.10. The molecule has 1 atom stereocenters. The van der Waals surface area contributed by atoms with Gasteiger partial charge in [0.1, 0.15) is 0 Å². The van der Waals surface area contributed by atoms with Crippen molar-refractivity contribution in [1.29, 1.82) is 5.26 Å². The quantitative estimate of drug-likeness (QED) is 0.212. The molecule has 44 heavy (non-hydrogen) atoms. The first-order valence-electron chi connectivity index (χ1n) is 15.3. The van der Waals surface area contributed by atoms with Gasteiger partial charge in [0.15, 0.2) is 0 Å². The second-order valence-electron chi connectivity index (χ2n) is 12.8. The molecule has 212 valence electrons. The number of nitriles is 1. The fourth-order valence-corrected chi connectivity index (χ4v) is 7.49. The number of para-hydroxylation sites is 2. The number of fused-ring (bicyclic) bond motifs is 6. The molecule has 5 aromatic carbocycles. The molecular formula is C41H33N3. The molecule has 0 spiro atoms. The molecule has 3 heteroatoms. The van der Waals surface area contributed by atoms with E-state index < -0.39 is 0 Å². The van der Waals surface area contributed by atoms with E-state index in [0.29, 0.717) is 5.57 Å². The average molecular weight is 568 g/mol. The number of allylic oxidation sites excluding steroid dienone is 2. The first kappa shape index (κ1) is 26.3. The first-order chi connectivity index (χ1) is 21.4. The minimum Gasteiger partial charge on any atom is -0.332 e. The number of hydrogen-bond donors (Lipinski definition) is 0. The van der Waals surface area contributed by atoms with Crippen LogP contribution < -0.4 is 4.90 Å². The van der Waals surface area contributed by atoms with Gasteiger partial charge in [-0.05, 0) is 84.1 Å². The van der Waals surface area contributed by atoms with Gasteiger partial charge in [-0.15, -0.1) is 0 Å². The smallest absolute Gasteiger partial charge is 0.0988 e. The summed E-state index contributed by atoms with van der Waals surface area (Å²) >= 11 is 0. The Morgan fingerprint density at radius 2 is 1.36 bits per heavy atom. The van der Waals surface area contributed by atoms with Crippen LogP contribution in [0.3, 0.4) is 0 Å². The second-order valence-corrected chi connectivity index (χ2v) is 12.8. The van der Waals surface area contributed by atoms with Crippen LogP contribution >= 0.6 is 0 Å². The van der Waals surface area contributed by atoms with Crippen molar-refractivity contribution in [2.45, 2.75) is 38.1 Å².